The summed E-state index contributed by atoms with van der Waals surface area (Å²) in [6.45, 7) is 7.22. The van der Waals surface area contributed by atoms with Crippen LogP contribution in [-0.4, -0.2) is 18.0 Å². The summed E-state index contributed by atoms with van der Waals surface area (Å²) in [5.74, 6) is 4.54. The molecule has 3 aliphatic rings. The average Bonchev–Trinajstić information content (AvgIpc) is 3.22. The van der Waals surface area contributed by atoms with Gasteiger partial charge in [0.2, 0.25) is 5.90 Å². The summed E-state index contributed by atoms with van der Waals surface area (Å²) in [7, 11) is 0. The van der Waals surface area contributed by atoms with Crippen molar-refractivity contribution >= 4 is 5.90 Å². The van der Waals surface area contributed by atoms with Gasteiger partial charge in [-0.3, -0.25) is 0 Å². The van der Waals surface area contributed by atoms with Gasteiger partial charge in [0.15, 0.2) is 0 Å². The van der Waals surface area contributed by atoms with Gasteiger partial charge >= 0.3 is 0 Å². The first-order valence-electron chi connectivity index (χ1n) is 13.4. The molecule has 2 aromatic carbocycles. The van der Waals surface area contributed by atoms with Crippen molar-refractivity contribution in [2.24, 2.45) is 22.7 Å². The van der Waals surface area contributed by atoms with E-state index in [0.717, 1.165) is 35.1 Å². The maximum Gasteiger partial charge on any atom is 0.216 e. The summed E-state index contributed by atoms with van der Waals surface area (Å²) in [5, 5.41) is 0. The van der Waals surface area contributed by atoms with E-state index < -0.39 is 0 Å². The molecule has 2 saturated carbocycles. The SMILES string of the molecule is CCCCC1CCC2CC(c3ccc(-c4ccc(C5=NC(C)(C)CO5)cc4)cc3)CCC2C1. The van der Waals surface area contributed by atoms with Gasteiger partial charge in [0.25, 0.3) is 0 Å². The van der Waals surface area contributed by atoms with Crippen LogP contribution in [0.1, 0.15) is 95.6 Å². The number of nitrogens with zero attached hydrogens (tertiary/aromatic N) is 1. The lowest BCUT2D eigenvalue weighted by atomic mass is 9.63. The summed E-state index contributed by atoms with van der Waals surface area (Å²) < 4.78 is 5.79. The number of fused-ring (bicyclic) bond motifs is 1. The quantitative estimate of drug-likeness (QED) is 0.439. The average molecular weight is 444 g/mol. The van der Waals surface area contributed by atoms with Gasteiger partial charge in [-0.15, -0.1) is 0 Å². The third kappa shape index (κ3) is 5.20. The number of hydrogen-bond donors (Lipinski definition) is 0. The Balaban J connectivity index is 1.20. The van der Waals surface area contributed by atoms with Crippen LogP contribution in [0.2, 0.25) is 0 Å². The molecule has 5 rings (SSSR count). The van der Waals surface area contributed by atoms with Crippen LogP contribution < -0.4 is 0 Å². The first kappa shape index (κ1) is 22.7. The van der Waals surface area contributed by atoms with Gasteiger partial charge in [0.05, 0.1) is 5.54 Å². The van der Waals surface area contributed by atoms with Crippen LogP contribution in [0, 0.1) is 17.8 Å². The second-order valence-electron chi connectivity index (χ2n) is 11.6. The van der Waals surface area contributed by atoms with Crippen LogP contribution in [-0.2, 0) is 4.74 Å². The molecule has 4 atom stereocenters. The van der Waals surface area contributed by atoms with E-state index in [1.165, 1.54) is 68.9 Å². The zero-order valence-corrected chi connectivity index (χ0v) is 20.9. The molecule has 0 N–H and O–H groups in total. The molecule has 0 spiro atoms. The summed E-state index contributed by atoms with van der Waals surface area (Å²) in [4.78, 5) is 4.70. The lowest BCUT2D eigenvalue weighted by Gasteiger charge is -2.42. The van der Waals surface area contributed by atoms with E-state index in [1.807, 2.05) is 0 Å². The Hall–Kier alpha value is -2.09. The molecule has 33 heavy (non-hydrogen) atoms. The van der Waals surface area contributed by atoms with Gasteiger partial charge in [0, 0.05) is 5.56 Å². The predicted molar refractivity (Wildman–Crippen MR) is 139 cm³/mol. The van der Waals surface area contributed by atoms with Crippen LogP contribution in [0.25, 0.3) is 11.1 Å². The Morgan fingerprint density at radius 3 is 2.12 bits per heavy atom. The van der Waals surface area contributed by atoms with Gasteiger partial charge in [-0.05, 0) is 98.4 Å². The summed E-state index contributed by atoms with van der Waals surface area (Å²) in [6.07, 6.45) is 13.0. The van der Waals surface area contributed by atoms with Crippen molar-refractivity contribution in [3.05, 3.63) is 59.7 Å². The summed E-state index contributed by atoms with van der Waals surface area (Å²) in [6, 6.07) is 18.1. The fraction of sp³-hybridized carbons (Fsp3) is 0.581. The smallest absolute Gasteiger partial charge is 0.216 e. The third-order valence-corrected chi connectivity index (χ3v) is 8.50. The Bertz CT molecular complexity index is 955. The maximum atomic E-state index is 5.79. The fourth-order valence-corrected chi connectivity index (χ4v) is 6.53. The van der Waals surface area contributed by atoms with Gasteiger partial charge in [-0.1, -0.05) is 69.0 Å². The molecule has 1 aliphatic heterocycles. The summed E-state index contributed by atoms with van der Waals surface area (Å²) >= 11 is 0. The van der Waals surface area contributed by atoms with Gasteiger partial charge in [0.1, 0.15) is 6.61 Å². The van der Waals surface area contributed by atoms with Gasteiger partial charge < -0.3 is 4.74 Å². The molecule has 4 unspecified atom stereocenters. The zero-order valence-electron chi connectivity index (χ0n) is 20.9. The Kier molecular flexibility index (Phi) is 6.63. The first-order chi connectivity index (χ1) is 16.0. The van der Waals surface area contributed by atoms with Crippen molar-refractivity contribution < 1.29 is 4.74 Å². The standard InChI is InChI=1S/C31H41NO/c1-4-5-6-22-7-8-29-20-28(18-17-27(29)19-22)25-11-9-23(10-12-25)24-13-15-26(16-14-24)30-32-31(2,3)21-33-30/h9-16,22,27-29H,4-8,17-21H2,1-3H3. The molecule has 2 nitrogen and oxygen atoms in total. The number of aliphatic imine (C=N–C) groups is 1. The van der Waals surface area contributed by atoms with E-state index in [9.17, 15) is 0 Å². The first-order valence-corrected chi connectivity index (χ1v) is 13.4. The fourth-order valence-electron chi connectivity index (χ4n) is 6.53. The van der Waals surface area contributed by atoms with E-state index >= 15 is 0 Å². The second-order valence-corrected chi connectivity index (χ2v) is 11.6. The number of benzene rings is 2. The molecular formula is C31H41NO. The Labute approximate surface area is 200 Å². The zero-order chi connectivity index (χ0) is 22.8. The molecule has 2 aromatic rings. The highest BCUT2D eigenvalue weighted by Gasteiger charge is 2.35. The van der Waals surface area contributed by atoms with Crippen molar-refractivity contribution in [1.82, 2.24) is 0 Å². The van der Waals surface area contributed by atoms with Crippen LogP contribution in [0.4, 0.5) is 0 Å². The van der Waals surface area contributed by atoms with E-state index in [1.54, 1.807) is 5.56 Å². The lowest BCUT2D eigenvalue weighted by molar-refractivity contribution is 0.113. The van der Waals surface area contributed by atoms with Crippen LogP contribution in [0.5, 0.6) is 0 Å². The maximum absolute atomic E-state index is 5.79. The van der Waals surface area contributed by atoms with Crippen molar-refractivity contribution in [1.29, 1.82) is 0 Å². The number of hydrogen-bond acceptors (Lipinski definition) is 2. The van der Waals surface area contributed by atoms with Crippen LogP contribution >= 0.6 is 0 Å². The normalized spacial score (nSPS) is 28.6. The van der Waals surface area contributed by atoms with E-state index in [4.69, 9.17) is 9.73 Å². The molecule has 2 fully saturated rings. The van der Waals surface area contributed by atoms with Crippen molar-refractivity contribution in [3.63, 3.8) is 0 Å². The minimum atomic E-state index is -0.114. The number of unbranched alkanes of at least 4 members (excludes halogenated alkanes) is 1. The molecular weight excluding hydrogens is 402 g/mol. The number of ether oxygens (including phenoxy) is 1. The summed E-state index contributed by atoms with van der Waals surface area (Å²) in [5.41, 5.74) is 5.07. The molecule has 176 valence electrons. The van der Waals surface area contributed by atoms with Crippen LogP contribution in [0.3, 0.4) is 0 Å². The van der Waals surface area contributed by atoms with Crippen molar-refractivity contribution in [3.8, 4) is 11.1 Å². The molecule has 1 heterocycles. The monoisotopic (exact) mass is 443 g/mol. The van der Waals surface area contributed by atoms with E-state index in [-0.39, 0.29) is 5.54 Å². The highest BCUT2D eigenvalue weighted by molar-refractivity contribution is 5.95. The Morgan fingerprint density at radius 1 is 0.818 bits per heavy atom. The van der Waals surface area contributed by atoms with Gasteiger partial charge in [-0.2, -0.15) is 0 Å². The largest absolute Gasteiger partial charge is 0.475 e. The third-order valence-electron chi connectivity index (χ3n) is 8.50. The molecule has 0 aromatic heterocycles. The van der Waals surface area contributed by atoms with E-state index in [2.05, 4.69) is 69.3 Å². The molecule has 2 aliphatic carbocycles. The molecule has 0 bridgehead atoms. The highest BCUT2D eigenvalue weighted by atomic mass is 16.5. The highest BCUT2D eigenvalue weighted by Crippen LogP contribution is 2.48. The van der Waals surface area contributed by atoms with E-state index in [0.29, 0.717) is 6.61 Å². The molecule has 0 radical (unpaired) electrons. The molecule has 0 saturated heterocycles. The van der Waals surface area contributed by atoms with Gasteiger partial charge in [-0.25, -0.2) is 4.99 Å². The number of rotatable bonds is 6. The molecule has 2 heteroatoms. The van der Waals surface area contributed by atoms with Crippen molar-refractivity contribution in [2.45, 2.75) is 90.0 Å². The van der Waals surface area contributed by atoms with Crippen molar-refractivity contribution in [2.75, 3.05) is 6.61 Å². The molecule has 0 amide bonds. The topological polar surface area (TPSA) is 21.6 Å². The lowest BCUT2D eigenvalue weighted by Crippen LogP contribution is -2.30. The Morgan fingerprint density at radius 2 is 1.45 bits per heavy atom. The van der Waals surface area contributed by atoms with Crippen LogP contribution in [0.15, 0.2) is 53.5 Å². The minimum Gasteiger partial charge on any atom is -0.475 e. The second kappa shape index (κ2) is 9.65. The predicted octanol–water partition coefficient (Wildman–Crippen LogP) is 8.40. The minimum absolute atomic E-state index is 0.114.